The summed E-state index contributed by atoms with van der Waals surface area (Å²) in [5, 5.41) is 2.95. The summed E-state index contributed by atoms with van der Waals surface area (Å²) in [6, 6.07) is 7.01. The highest BCUT2D eigenvalue weighted by molar-refractivity contribution is 5.60. The van der Waals surface area contributed by atoms with E-state index in [0.717, 1.165) is 17.9 Å². The zero-order chi connectivity index (χ0) is 14.3. The smallest absolute Gasteiger partial charge is 0.416 e. The molecule has 1 N–H and O–H groups in total. The molecule has 0 spiro atoms. The van der Waals surface area contributed by atoms with E-state index in [1.165, 1.54) is 6.07 Å². The van der Waals surface area contributed by atoms with Crippen LogP contribution in [0.15, 0.2) is 34.7 Å². The van der Waals surface area contributed by atoms with Crippen LogP contribution in [0, 0.1) is 6.92 Å². The Morgan fingerprint density at radius 2 is 2.00 bits per heavy atom. The predicted molar refractivity (Wildman–Crippen MR) is 66.7 cm³/mol. The van der Waals surface area contributed by atoms with Gasteiger partial charge in [-0.25, -0.2) is 0 Å². The van der Waals surface area contributed by atoms with E-state index in [2.05, 4.69) is 5.32 Å². The fourth-order valence-electron chi connectivity index (χ4n) is 2.13. The van der Waals surface area contributed by atoms with Crippen LogP contribution in [0.3, 0.4) is 0 Å². The van der Waals surface area contributed by atoms with E-state index in [1.807, 2.05) is 13.0 Å². The number of benzene rings is 1. The van der Waals surface area contributed by atoms with E-state index in [-0.39, 0.29) is 6.10 Å². The Morgan fingerprint density at radius 1 is 1.20 bits per heavy atom. The number of ether oxygens (including phenoxy) is 1. The Labute approximate surface area is 113 Å². The second kappa shape index (κ2) is 4.47. The number of furan rings is 1. The number of halogens is 3. The summed E-state index contributed by atoms with van der Waals surface area (Å²) in [5.41, 5.74) is -0.348. The lowest BCUT2D eigenvalue weighted by Gasteiger charge is -2.26. The number of alkyl halides is 3. The Morgan fingerprint density at radius 3 is 2.65 bits per heavy atom. The second-order valence-corrected chi connectivity index (χ2v) is 4.64. The number of fused-ring (bicyclic) bond motifs is 1. The van der Waals surface area contributed by atoms with E-state index < -0.39 is 11.7 Å². The number of anilines is 1. The fraction of sp³-hybridized carbons (Fsp3) is 0.286. The number of nitrogens with one attached hydrogen (secondary N) is 1. The van der Waals surface area contributed by atoms with Gasteiger partial charge in [-0.1, -0.05) is 0 Å². The summed E-state index contributed by atoms with van der Waals surface area (Å²) in [6.45, 7) is 2.19. The molecule has 3 rings (SSSR count). The van der Waals surface area contributed by atoms with Crippen molar-refractivity contribution in [3.8, 4) is 5.75 Å². The van der Waals surface area contributed by atoms with Gasteiger partial charge >= 0.3 is 6.18 Å². The summed E-state index contributed by atoms with van der Waals surface area (Å²) < 4.78 is 49.0. The van der Waals surface area contributed by atoms with Gasteiger partial charge in [-0.15, -0.1) is 0 Å². The molecule has 0 aliphatic carbocycles. The zero-order valence-electron chi connectivity index (χ0n) is 10.6. The fourth-order valence-corrected chi connectivity index (χ4v) is 2.13. The monoisotopic (exact) mass is 283 g/mol. The third-order valence-electron chi connectivity index (χ3n) is 3.13. The maximum absolute atomic E-state index is 12.6. The molecule has 0 radical (unpaired) electrons. The normalized spacial score (nSPS) is 18.1. The van der Waals surface area contributed by atoms with Crippen LogP contribution >= 0.6 is 0 Å². The van der Waals surface area contributed by atoms with Crippen LogP contribution in [-0.2, 0) is 6.18 Å². The van der Waals surface area contributed by atoms with Crippen LogP contribution in [-0.4, -0.2) is 6.54 Å². The lowest BCUT2D eigenvalue weighted by atomic mass is 10.1. The highest BCUT2D eigenvalue weighted by Crippen LogP contribution is 2.39. The maximum Gasteiger partial charge on any atom is 0.416 e. The van der Waals surface area contributed by atoms with Gasteiger partial charge in [0.2, 0.25) is 0 Å². The van der Waals surface area contributed by atoms with Crippen molar-refractivity contribution >= 4 is 5.69 Å². The molecule has 2 heterocycles. The van der Waals surface area contributed by atoms with Crippen molar-refractivity contribution in [3.63, 3.8) is 0 Å². The quantitative estimate of drug-likeness (QED) is 0.853. The minimum absolute atomic E-state index is 0.340. The van der Waals surface area contributed by atoms with Crippen LogP contribution in [0.1, 0.15) is 23.2 Å². The van der Waals surface area contributed by atoms with Crippen LogP contribution in [0.5, 0.6) is 5.75 Å². The van der Waals surface area contributed by atoms with Crippen molar-refractivity contribution < 1.29 is 22.3 Å². The van der Waals surface area contributed by atoms with E-state index in [0.29, 0.717) is 23.7 Å². The number of rotatable bonds is 1. The van der Waals surface area contributed by atoms with Crippen molar-refractivity contribution in [2.75, 3.05) is 11.9 Å². The standard InChI is InChI=1S/C14H12F3NO2/c1-8-2-4-12(19-8)13-7-18-10-6-9(14(15,16)17)3-5-11(10)20-13/h2-6,13,18H,7H2,1H3. The Balaban J connectivity index is 1.86. The number of hydrogen-bond acceptors (Lipinski definition) is 3. The summed E-state index contributed by atoms with van der Waals surface area (Å²) >= 11 is 0. The highest BCUT2D eigenvalue weighted by atomic mass is 19.4. The summed E-state index contributed by atoms with van der Waals surface area (Å²) in [4.78, 5) is 0. The number of aryl methyl sites for hydroxylation is 1. The van der Waals surface area contributed by atoms with Crippen molar-refractivity contribution in [1.82, 2.24) is 0 Å². The van der Waals surface area contributed by atoms with Crippen LogP contribution in [0.4, 0.5) is 18.9 Å². The number of hydrogen-bond donors (Lipinski definition) is 1. The van der Waals surface area contributed by atoms with E-state index in [9.17, 15) is 13.2 Å². The first-order valence-corrected chi connectivity index (χ1v) is 6.11. The Kier molecular flexibility index (Phi) is 2.88. The SMILES string of the molecule is Cc1ccc(C2CNc3cc(C(F)(F)F)ccc3O2)o1. The minimum Gasteiger partial charge on any atom is -0.478 e. The molecule has 1 aliphatic rings. The first-order valence-electron chi connectivity index (χ1n) is 6.11. The Bertz CT molecular complexity index is 634. The third kappa shape index (κ3) is 2.33. The van der Waals surface area contributed by atoms with Crippen molar-refractivity contribution in [2.24, 2.45) is 0 Å². The summed E-state index contributed by atoms with van der Waals surface area (Å²) in [6.07, 6.45) is -4.70. The first kappa shape index (κ1) is 12.9. The lowest BCUT2D eigenvalue weighted by Crippen LogP contribution is -2.23. The molecular weight excluding hydrogens is 271 g/mol. The first-order chi connectivity index (χ1) is 9.43. The second-order valence-electron chi connectivity index (χ2n) is 4.64. The van der Waals surface area contributed by atoms with Gasteiger partial charge in [0.25, 0.3) is 0 Å². The van der Waals surface area contributed by atoms with Gasteiger partial charge in [-0.2, -0.15) is 13.2 Å². The molecule has 1 aromatic carbocycles. The van der Waals surface area contributed by atoms with Gasteiger partial charge in [0.05, 0.1) is 17.8 Å². The molecule has 0 bridgehead atoms. The largest absolute Gasteiger partial charge is 0.478 e. The highest BCUT2D eigenvalue weighted by Gasteiger charge is 2.32. The molecule has 0 saturated heterocycles. The van der Waals surface area contributed by atoms with Crippen molar-refractivity contribution in [2.45, 2.75) is 19.2 Å². The minimum atomic E-state index is -4.36. The molecule has 6 heteroatoms. The van der Waals surface area contributed by atoms with E-state index in [1.54, 1.807) is 6.07 Å². The molecule has 0 fully saturated rings. The van der Waals surface area contributed by atoms with Gasteiger partial charge < -0.3 is 14.5 Å². The molecule has 20 heavy (non-hydrogen) atoms. The molecule has 2 aromatic rings. The lowest BCUT2D eigenvalue weighted by molar-refractivity contribution is -0.137. The van der Waals surface area contributed by atoms with Gasteiger partial charge in [0, 0.05) is 0 Å². The van der Waals surface area contributed by atoms with Gasteiger partial charge in [0.15, 0.2) is 6.10 Å². The molecule has 3 nitrogen and oxygen atoms in total. The molecule has 1 aliphatic heterocycles. The zero-order valence-corrected chi connectivity index (χ0v) is 10.6. The third-order valence-corrected chi connectivity index (χ3v) is 3.13. The predicted octanol–water partition coefficient (Wildman–Crippen LogP) is 4.15. The van der Waals surface area contributed by atoms with E-state index >= 15 is 0 Å². The molecule has 0 saturated carbocycles. The van der Waals surface area contributed by atoms with Crippen molar-refractivity contribution in [3.05, 3.63) is 47.4 Å². The van der Waals surface area contributed by atoms with Gasteiger partial charge in [-0.3, -0.25) is 0 Å². The summed E-state index contributed by atoms with van der Waals surface area (Å²) in [7, 11) is 0. The average Bonchev–Trinajstić information content (AvgIpc) is 2.83. The van der Waals surface area contributed by atoms with Crippen LogP contribution < -0.4 is 10.1 Å². The molecular formula is C14H12F3NO2. The summed E-state index contributed by atoms with van der Waals surface area (Å²) in [5.74, 6) is 1.81. The van der Waals surface area contributed by atoms with Gasteiger partial charge in [0.1, 0.15) is 17.3 Å². The Hall–Kier alpha value is -2.11. The molecule has 0 amide bonds. The molecule has 1 atom stereocenters. The average molecular weight is 283 g/mol. The topological polar surface area (TPSA) is 34.4 Å². The van der Waals surface area contributed by atoms with E-state index in [4.69, 9.17) is 9.15 Å². The molecule has 1 aromatic heterocycles. The van der Waals surface area contributed by atoms with Crippen molar-refractivity contribution in [1.29, 1.82) is 0 Å². The van der Waals surface area contributed by atoms with Crippen LogP contribution in [0.2, 0.25) is 0 Å². The molecule has 106 valence electrons. The maximum atomic E-state index is 12.6. The van der Waals surface area contributed by atoms with Crippen LogP contribution in [0.25, 0.3) is 0 Å². The van der Waals surface area contributed by atoms with Gasteiger partial charge in [-0.05, 0) is 37.3 Å². The molecule has 1 unspecified atom stereocenters.